The summed E-state index contributed by atoms with van der Waals surface area (Å²) < 4.78 is 54.8. The topological polar surface area (TPSA) is 245 Å². The molecular weight excluding hydrogens is 559 g/mol. The molecule has 0 spiro atoms. The summed E-state index contributed by atoms with van der Waals surface area (Å²) in [6.45, 7) is 1.43. The molecule has 3 N–H and O–H groups in total. The summed E-state index contributed by atoms with van der Waals surface area (Å²) in [5, 5.41) is 23.4. The maximum Gasteiger partial charge on any atom is 0.351 e. The molecule has 16 nitrogen and oxygen atoms in total. The van der Waals surface area contributed by atoms with Gasteiger partial charge >= 0.3 is 5.69 Å². The summed E-state index contributed by atoms with van der Waals surface area (Å²) in [6.07, 6.45) is -2.23. The second-order valence-electron chi connectivity index (χ2n) is 8.66. The van der Waals surface area contributed by atoms with Crippen molar-refractivity contribution in [3.05, 3.63) is 22.7 Å². The number of aliphatic hydroxyl groups excluding tert-OH is 2. The van der Waals surface area contributed by atoms with E-state index in [1.54, 1.807) is 0 Å². The fraction of sp³-hybridized carbons (Fsp3) is 0.778. The predicted molar refractivity (Wildman–Crippen MR) is 121 cm³/mol. The van der Waals surface area contributed by atoms with Crippen LogP contribution in [-0.2, 0) is 31.6 Å². The van der Waals surface area contributed by atoms with Crippen molar-refractivity contribution >= 4 is 29.1 Å². The number of hydrogen-bond acceptors (Lipinski definition) is 15. The van der Waals surface area contributed by atoms with Crippen LogP contribution < -0.4 is 25.7 Å². The third-order valence-corrected chi connectivity index (χ3v) is 11.0. The molecule has 2 heterocycles. The van der Waals surface area contributed by atoms with Gasteiger partial charge in [-0.2, -0.15) is 4.98 Å². The zero-order chi connectivity index (χ0) is 27.4. The highest BCUT2D eigenvalue weighted by Gasteiger charge is 2.45. The Morgan fingerprint density at radius 2 is 1.78 bits per heavy atom. The van der Waals surface area contributed by atoms with Crippen LogP contribution in [-0.4, -0.2) is 56.9 Å². The number of phosphoric ester groups is 1. The highest BCUT2D eigenvalue weighted by atomic mass is 31.3. The molecule has 0 amide bonds. The molecule has 0 bridgehead atoms. The fourth-order valence-corrected chi connectivity index (χ4v) is 8.52. The maximum atomic E-state index is 12.3. The molecule has 1 aliphatic heterocycles. The minimum Gasteiger partial charge on any atom is -0.778 e. The monoisotopic (exact) mass is 588 g/mol. The zero-order valence-electron chi connectivity index (χ0n) is 19.8. The van der Waals surface area contributed by atoms with Crippen LogP contribution in [0.25, 0.3) is 0 Å². The first-order valence-electron chi connectivity index (χ1n) is 11.6. The van der Waals surface area contributed by atoms with E-state index in [-0.39, 0.29) is 18.7 Å². The highest BCUT2D eigenvalue weighted by molar-refractivity contribution is 7.67. The van der Waals surface area contributed by atoms with Gasteiger partial charge < -0.3 is 44.0 Å². The minimum absolute atomic E-state index is 0.170. The normalized spacial score (nSPS) is 29.8. The molecule has 19 heteroatoms. The Hall–Kier alpha value is -0.990. The molecule has 0 aromatic carbocycles. The number of aliphatic hydroxyl groups is 2. The van der Waals surface area contributed by atoms with Crippen LogP contribution in [0.4, 0.5) is 5.82 Å². The van der Waals surface area contributed by atoms with Crippen LogP contribution >= 0.6 is 23.2 Å². The van der Waals surface area contributed by atoms with Gasteiger partial charge in [0.2, 0.25) is 0 Å². The first-order chi connectivity index (χ1) is 17.2. The van der Waals surface area contributed by atoms with Crippen LogP contribution in [0.5, 0.6) is 0 Å². The molecule has 0 radical (unpaired) electrons. The van der Waals surface area contributed by atoms with Gasteiger partial charge in [-0.1, -0.05) is 26.2 Å². The van der Waals surface area contributed by atoms with E-state index in [1.807, 2.05) is 6.92 Å². The molecule has 2 aliphatic rings. The lowest BCUT2D eigenvalue weighted by molar-refractivity contribution is -0.246. The molecule has 212 valence electrons. The molecule has 2 fully saturated rings. The van der Waals surface area contributed by atoms with Crippen molar-refractivity contribution < 1.29 is 56.5 Å². The summed E-state index contributed by atoms with van der Waals surface area (Å²) in [5.41, 5.74) is -1.92. The van der Waals surface area contributed by atoms with Crippen molar-refractivity contribution in [1.29, 1.82) is 0 Å². The van der Waals surface area contributed by atoms with Gasteiger partial charge in [0.15, 0.2) is 6.23 Å². The second kappa shape index (κ2) is 12.5. The lowest BCUT2D eigenvalue weighted by atomic mass is 10.0. The van der Waals surface area contributed by atoms with Crippen molar-refractivity contribution in [2.24, 2.45) is 0 Å². The molecule has 1 aromatic rings. The highest BCUT2D eigenvalue weighted by Crippen LogP contribution is 2.65. The summed E-state index contributed by atoms with van der Waals surface area (Å²) >= 11 is 0. The van der Waals surface area contributed by atoms with Crippen molar-refractivity contribution in [2.75, 3.05) is 18.5 Å². The molecule has 1 aromatic heterocycles. The van der Waals surface area contributed by atoms with E-state index in [0.717, 1.165) is 17.4 Å². The van der Waals surface area contributed by atoms with Crippen molar-refractivity contribution in [1.82, 2.24) is 9.55 Å². The molecule has 1 aliphatic carbocycles. The number of hydrogen-bond donors (Lipinski definition) is 3. The van der Waals surface area contributed by atoms with Crippen molar-refractivity contribution in [3.8, 4) is 0 Å². The van der Waals surface area contributed by atoms with Crippen LogP contribution in [0.2, 0.25) is 0 Å². The first kappa shape index (κ1) is 30.6. The lowest BCUT2D eigenvalue weighted by Crippen LogP contribution is -2.36. The Balaban J connectivity index is 1.59. The molecule has 7 atom stereocenters. The Labute approximate surface area is 212 Å². The van der Waals surface area contributed by atoms with E-state index in [4.69, 9.17) is 4.74 Å². The predicted octanol–water partition coefficient (Wildman–Crippen LogP) is -0.443. The number of phosphoric acid groups is 2. The van der Waals surface area contributed by atoms with E-state index in [2.05, 4.69) is 23.4 Å². The smallest absolute Gasteiger partial charge is 0.351 e. The first-order valence-corrected chi connectivity index (χ1v) is 16.1. The molecule has 37 heavy (non-hydrogen) atoms. The van der Waals surface area contributed by atoms with E-state index < -0.39 is 65.7 Å². The van der Waals surface area contributed by atoms with Gasteiger partial charge in [-0.25, -0.2) is 9.11 Å². The summed E-state index contributed by atoms with van der Waals surface area (Å²) in [6, 6.07) is 1.43. The van der Waals surface area contributed by atoms with E-state index >= 15 is 0 Å². The van der Waals surface area contributed by atoms with Gasteiger partial charge in [-0.05, 0) is 25.3 Å². The van der Waals surface area contributed by atoms with Crippen LogP contribution in [0.3, 0.4) is 0 Å². The average Bonchev–Trinajstić information content (AvgIpc) is 3.09. The molecule has 4 unspecified atom stereocenters. The standard InChI is InChI=1S/C18H32N3O13P3/c1-2-9-19-14-8-10-21(18(24)20-14)17-16(23)15(22)13(32-17)11-31-36(27,28)34-37(29,30)33-35(25,26)12-6-4-3-5-7-12/h8,10,12-13,15-17,22-23H,2-7,9,11H2,1H3,(H,25,26)(H,27,28)(H,29,30)(H,19,20,24)/p-3/t13-,15?,16+,17-/m1/s1. The number of nitrogens with zero attached hydrogens (tertiary/aromatic N) is 2. The third kappa shape index (κ3) is 8.25. The number of ether oxygens (including phenoxy) is 1. The zero-order valence-corrected chi connectivity index (χ0v) is 22.5. The van der Waals surface area contributed by atoms with Gasteiger partial charge in [0.1, 0.15) is 31.7 Å². The second-order valence-corrected chi connectivity index (χ2v) is 13.8. The van der Waals surface area contributed by atoms with E-state index in [1.165, 1.54) is 12.3 Å². The van der Waals surface area contributed by atoms with Crippen molar-refractivity contribution in [2.45, 2.75) is 75.6 Å². The van der Waals surface area contributed by atoms with E-state index in [9.17, 15) is 43.4 Å². The van der Waals surface area contributed by atoms with Crippen molar-refractivity contribution in [3.63, 3.8) is 0 Å². The van der Waals surface area contributed by atoms with E-state index in [0.29, 0.717) is 19.4 Å². The Morgan fingerprint density at radius 3 is 2.41 bits per heavy atom. The molecule has 1 saturated heterocycles. The van der Waals surface area contributed by atoms with Crippen LogP contribution in [0.15, 0.2) is 17.1 Å². The summed E-state index contributed by atoms with van der Waals surface area (Å²) in [7, 11) is -16.6. The summed E-state index contributed by atoms with van der Waals surface area (Å²) in [5.74, 6) is 0.274. The van der Waals surface area contributed by atoms with Gasteiger partial charge in [0, 0.05) is 18.4 Å². The SMILES string of the molecule is CCCNc1ccn([C@@H]2O[C@H](COP(=O)([O-])OP(=O)([O-])OP(=O)([O-])C3CCCCC3)C(O)[C@@H]2O)c(=O)n1. The van der Waals surface area contributed by atoms with Crippen LogP contribution in [0.1, 0.15) is 51.7 Å². The van der Waals surface area contributed by atoms with Crippen LogP contribution in [0, 0.1) is 0 Å². The Morgan fingerprint density at radius 1 is 1.11 bits per heavy atom. The Kier molecular flexibility index (Phi) is 10.3. The number of aromatic nitrogens is 2. The van der Waals surface area contributed by atoms with Gasteiger partial charge in [0.25, 0.3) is 15.6 Å². The molecule has 1 saturated carbocycles. The number of anilines is 1. The Bertz CT molecular complexity index is 1130. The third-order valence-electron chi connectivity index (χ3n) is 5.83. The number of rotatable bonds is 12. The minimum atomic E-state index is -5.91. The fourth-order valence-electron chi connectivity index (χ4n) is 3.98. The van der Waals surface area contributed by atoms with Gasteiger partial charge in [0.05, 0.1) is 6.61 Å². The van der Waals surface area contributed by atoms with Gasteiger partial charge in [-0.15, -0.1) is 0 Å². The lowest BCUT2D eigenvalue weighted by Gasteiger charge is -2.39. The molecule has 3 rings (SSSR count). The molecular formula is C18H29N3O13P3-3. The average molecular weight is 588 g/mol. The van der Waals surface area contributed by atoms with Gasteiger partial charge in [-0.3, -0.25) is 18.0 Å². The largest absolute Gasteiger partial charge is 0.778 e. The quantitative estimate of drug-likeness (QED) is 0.262. The number of nitrogens with one attached hydrogen (secondary N) is 1. The maximum absolute atomic E-state index is 12.3. The summed E-state index contributed by atoms with van der Waals surface area (Å²) in [4.78, 5) is 52.3.